The predicted molar refractivity (Wildman–Crippen MR) is 133 cm³/mol. The second-order valence-electron chi connectivity index (χ2n) is 9.30. The van der Waals surface area contributed by atoms with Crippen LogP contribution in [0, 0.1) is 0 Å². The molecule has 3 amide bonds. The van der Waals surface area contributed by atoms with Crippen LogP contribution in [0.15, 0.2) is 71.2 Å². The maximum absolute atomic E-state index is 13.4. The van der Waals surface area contributed by atoms with Crippen molar-refractivity contribution in [2.75, 3.05) is 11.4 Å². The Kier molecular flexibility index (Phi) is 4.92. The predicted octanol–water partition coefficient (Wildman–Crippen LogP) is 5.42. The van der Waals surface area contributed by atoms with Crippen LogP contribution in [0.1, 0.15) is 46.4 Å². The molecule has 0 radical (unpaired) electrons. The van der Waals surface area contributed by atoms with E-state index in [0.717, 1.165) is 22.2 Å². The first-order chi connectivity index (χ1) is 16.4. The van der Waals surface area contributed by atoms with Gasteiger partial charge in [0.2, 0.25) is 0 Å². The van der Waals surface area contributed by atoms with Gasteiger partial charge in [0.05, 0.1) is 11.7 Å². The highest BCUT2D eigenvalue weighted by atomic mass is 79.9. The van der Waals surface area contributed by atoms with Gasteiger partial charge in [-0.3, -0.25) is 9.69 Å². The highest BCUT2D eigenvalue weighted by Gasteiger charge is 2.50. The van der Waals surface area contributed by atoms with E-state index in [0.29, 0.717) is 30.8 Å². The average molecular weight is 518 g/mol. The van der Waals surface area contributed by atoms with Gasteiger partial charge in [-0.25, -0.2) is 4.79 Å². The summed E-state index contributed by atoms with van der Waals surface area (Å²) in [5.41, 5.74) is 3.80. The zero-order valence-electron chi connectivity index (χ0n) is 18.8. The van der Waals surface area contributed by atoms with Crippen LogP contribution in [0.4, 0.5) is 10.5 Å². The quantitative estimate of drug-likeness (QED) is 0.493. The normalized spacial score (nSPS) is 22.9. The molecule has 2 unspecified atom stereocenters. The number of rotatable bonds is 2. The van der Waals surface area contributed by atoms with Crippen LogP contribution in [-0.4, -0.2) is 29.1 Å². The number of benzene rings is 3. The second-order valence-corrected chi connectivity index (χ2v) is 10.2. The minimum Gasteiger partial charge on any atom is -0.467 e. The average Bonchev–Trinajstić information content (AvgIpc) is 2.83. The van der Waals surface area contributed by atoms with Gasteiger partial charge < -0.3 is 15.0 Å². The molecule has 0 aromatic heterocycles. The molecule has 6 nitrogen and oxygen atoms in total. The number of urea groups is 1. The lowest BCUT2D eigenvalue weighted by Crippen LogP contribution is -2.65. The zero-order valence-corrected chi connectivity index (χ0v) is 20.3. The van der Waals surface area contributed by atoms with Gasteiger partial charge in [0.1, 0.15) is 5.75 Å². The maximum atomic E-state index is 13.4. The van der Waals surface area contributed by atoms with Gasteiger partial charge in [-0.1, -0.05) is 46.3 Å². The Morgan fingerprint density at radius 3 is 2.76 bits per heavy atom. The van der Waals surface area contributed by atoms with Crippen LogP contribution in [0.3, 0.4) is 0 Å². The van der Waals surface area contributed by atoms with Crippen molar-refractivity contribution in [2.24, 2.45) is 0 Å². The van der Waals surface area contributed by atoms with E-state index in [1.807, 2.05) is 60.4 Å². The third-order valence-corrected chi connectivity index (χ3v) is 7.50. The number of amides is 3. The lowest BCUT2D eigenvalue weighted by molar-refractivity contribution is 0.0377. The minimum absolute atomic E-state index is 0.0310. The molecular weight excluding hydrogens is 494 g/mol. The number of fused-ring (bicyclic) bond motifs is 5. The van der Waals surface area contributed by atoms with Gasteiger partial charge >= 0.3 is 6.03 Å². The summed E-state index contributed by atoms with van der Waals surface area (Å²) in [6.45, 7) is 3.21. The summed E-state index contributed by atoms with van der Waals surface area (Å²) in [4.78, 5) is 30.2. The fourth-order valence-corrected chi connectivity index (χ4v) is 5.74. The van der Waals surface area contributed by atoms with Crippen molar-refractivity contribution in [1.29, 1.82) is 0 Å². The monoisotopic (exact) mass is 517 g/mol. The molecule has 1 fully saturated rings. The molecule has 3 heterocycles. The van der Waals surface area contributed by atoms with E-state index in [-0.39, 0.29) is 18.0 Å². The van der Waals surface area contributed by atoms with Crippen molar-refractivity contribution in [3.63, 3.8) is 0 Å². The molecule has 3 aliphatic rings. The number of ether oxygens (including phenoxy) is 1. The Morgan fingerprint density at radius 1 is 1.09 bits per heavy atom. The minimum atomic E-state index is -0.862. The smallest absolute Gasteiger partial charge is 0.325 e. The number of anilines is 1. The number of carbonyl (C=O) groups is 2. The summed E-state index contributed by atoms with van der Waals surface area (Å²) < 4.78 is 7.33. The fourth-order valence-electron chi connectivity index (χ4n) is 5.37. The Balaban J connectivity index is 1.30. The van der Waals surface area contributed by atoms with E-state index in [2.05, 4.69) is 33.4 Å². The molecule has 0 spiro atoms. The molecule has 1 saturated heterocycles. The van der Waals surface area contributed by atoms with Crippen molar-refractivity contribution in [3.05, 3.63) is 93.5 Å². The van der Waals surface area contributed by atoms with Gasteiger partial charge in [0.25, 0.3) is 5.91 Å². The number of hydrogen-bond acceptors (Lipinski definition) is 3. The Morgan fingerprint density at radius 2 is 1.91 bits per heavy atom. The van der Waals surface area contributed by atoms with E-state index in [1.54, 1.807) is 11.0 Å². The Hall–Kier alpha value is -3.32. The van der Waals surface area contributed by atoms with Crippen molar-refractivity contribution < 1.29 is 14.3 Å². The molecule has 2 atom stereocenters. The van der Waals surface area contributed by atoms with Gasteiger partial charge in [0.15, 0.2) is 5.72 Å². The Bertz CT molecular complexity index is 1330. The third kappa shape index (κ3) is 3.46. The topological polar surface area (TPSA) is 61.9 Å². The van der Waals surface area contributed by atoms with E-state index in [9.17, 15) is 9.59 Å². The summed E-state index contributed by atoms with van der Waals surface area (Å²) in [7, 11) is 0. The molecular formula is C27H24BrN3O3. The first kappa shape index (κ1) is 21.2. The van der Waals surface area contributed by atoms with Crippen LogP contribution < -0.4 is 15.0 Å². The standard InChI is InChI=1S/C27H24BrN3O3/c1-27-15-23(22-14-20(28)9-10-24(22)34-27)29-26(33)31(27)21-8-4-7-18(13-21)25(32)30-12-11-17-5-2-3-6-19(17)16-30/h2-10,13-14,23H,11-12,15-16H2,1H3,(H,29,33). The van der Waals surface area contributed by atoms with Crippen LogP contribution in [0.5, 0.6) is 5.75 Å². The van der Waals surface area contributed by atoms with Crippen molar-refractivity contribution in [1.82, 2.24) is 10.2 Å². The molecule has 34 heavy (non-hydrogen) atoms. The third-order valence-electron chi connectivity index (χ3n) is 7.00. The summed E-state index contributed by atoms with van der Waals surface area (Å²) in [6.07, 6.45) is 1.45. The zero-order chi connectivity index (χ0) is 23.4. The highest BCUT2D eigenvalue weighted by molar-refractivity contribution is 9.10. The lowest BCUT2D eigenvalue weighted by Gasteiger charge is -2.50. The second kappa shape index (κ2) is 7.87. The van der Waals surface area contributed by atoms with E-state index in [1.165, 1.54) is 11.1 Å². The Labute approximate surface area is 206 Å². The summed E-state index contributed by atoms with van der Waals surface area (Å²) in [6, 6.07) is 21.0. The number of carbonyl (C=O) groups excluding carboxylic acids is 2. The summed E-state index contributed by atoms with van der Waals surface area (Å²) >= 11 is 3.51. The maximum Gasteiger partial charge on any atom is 0.325 e. The molecule has 3 aromatic carbocycles. The highest BCUT2D eigenvalue weighted by Crippen LogP contribution is 2.46. The first-order valence-electron chi connectivity index (χ1n) is 11.5. The van der Waals surface area contributed by atoms with Crippen LogP contribution in [0.2, 0.25) is 0 Å². The van der Waals surface area contributed by atoms with Crippen LogP contribution >= 0.6 is 15.9 Å². The number of hydrogen-bond donors (Lipinski definition) is 1. The molecule has 1 N–H and O–H groups in total. The van der Waals surface area contributed by atoms with Crippen molar-refractivity contribution >= 4 is 33.6 Å². The number of nitrogens with zero attached hydrogens (tertiary/aromatic N) is 2. The number of halogens is 1. The molecule has 0 saturated carbocycles. The summed E-state index contributed by atoms with van der Waals surface area (Å²) in [5, 5.41) is 3.12. The van der Waals surface area contributed by atoms with Gasteiger partial charge in [0, 0.05) is 35.1 Å². The van der Waals surface area contributed by atoms with Gasteiger partial charge in [-0.15, -0.1) is 0 Å². The first-order valence-corrected chi connectivity index (χ1v) is 12.3. The van der Waals surface area contributed by atoms with Crippen LogP contribution in [0.25, 0.3) is 0 Å². The molecule has 0 aliphatic carbocycles. The van der Waals surface area contributed by atoms with E-state index >= 15 is 0 Å². The molecule has 6 rings (SSSR count). The summed E-state index contributed by atoms with van der Waals surface area (Å²) in [5.74, 6) is 0.725. The largest absolute Gasteiger partial charge is 0.467 e. The SMILES string of the molecule is CC12CC(NC(=O)N1c1cccc(C(=O)N3CCc4ccccc4C3)c1)c1cc(Br)ccc1O2. The molecule has 2 bridgehead atoms. The molecule has 172 valence electrons. The fraction of sp³-hybridized carbons (Fsp3) is 0.259. The van der Waals surface area contributed by atoms with Crippen molar-refractivity contribution in [3.8, 4) is 5.75 Å². The van der Waals surface area contributed by atoms with Gasteiger partial charge in [-0.2, -0.15) is 0 Å². The van der Waals surface area contributed by atoms with Crippen molar-refractivity contribution in [2.45, 2.75) is 38.1 Å². The molecule has 3 aliphatic heterocycles. The van der Waals surface area contributed by atoms with Gasteiger partial charge in [-0.05, 0) is 60.9 Å². The van der Waals surface area contributed by atoms with E-state index < -0.39 is 5.72 Å². The molecule has 3 aromatic rings. The van der Waals surface area contributed by atoms with Crippen LogP contribution in [-0.2, 0) is 13.0 Å². The molecule has 7 heteroatoms. The number of nitrogens with one attached hydrogen (secondary N) is 1. The lowest BCUT2D eigenvalue weighted by atomic mass is 9.90. The van der Waals surface area contributed by atoms with E-state index in [4.69, 9.17) is 4.74 Å².